The van der Waals surface area contributed by atoms with Gasteiger partial charge in [-0.25, -0.2) is 8.78 Å². The van der Waals surface area contributed by atoms with Gasteiger partial charge >= 0.3 is 0 Å². The first kappa shape index (κ1) is 20.8. The molecule has 2 aromatic rings. The fourth-order valence-corrected chi connectivity index (χ4v) is 4.10. The average Bonchev–Trinajstić information content (AvgIpc) is 2.70. The third-order valence-corrected chi connectivity index (χ3v) is 5.76. The highest BCUT2D eigenvalue weighted by atomic mass is 19.2. The molecule has 0 bridgehead atoms. The summed E-state index contributed by atoms with van der Waals surface area (Å²) in [6.45, 7) is 4.50. The number of ether oxygens (including phenoxy) is 2. The fraction of sp³-hybridized carbons (Fsp3) is 0.565. The summed E-state index contributed by atoms with van der Waals surface area (Å²) in [5.74, 6) is -2.31. The predicted molar refractivity (Wildman–Crippen MR) is 105 cm³/mol. The number of hydrogen-bond donors (Lipinski definition) is 0. The molecule has 0 spiro atoms. The zero-order chi connectivity index (χ0) is 20.1. The standard InChI is InChI=1S/C23H29F3O2/c1-3-5-6-15-7-9-16(10-8-15)14-28-18-12-11-17-13-19(27-4-2)22(25)23(26)20(17)21(18)24/h11-13,15-16H,3-10,14H2,1-2H3. The van der Waals surface area contributed by atoms with Gasteiger partial charge in [-0.15, -0.1) is 0 Å². The largest absolute Gasteiger partial charge is 0.491 e. The Kier molecular flexibility index (Phi) is 7.08. The van der Waals surface area contributed by atoms with E-state index in [4.69, 9.17) is 9.47 Å². The van der Waals surface area contributed by atoms with Crippen molar-refractivity contribution in [3.05, 3.63) is 35.7 Å². The number of hydrogen-bond acceptors (Lipinski definition) is 2. The summed E-state index contributed by atoms with van der Waals surface area (Å²) < 4.78 is 54.1. The second-order valence-electron chi connectivity index (χ2n) is 7.75. The Bertz CT molecular complexity index is 798. The van der Waals surface area contributed by atoms with Crippen LogP contribution >= 0.6 is 0 Å². The molecule has 2 nitrogen and oxygen atoms in total. The minimum absolute atomic E-state index is 0.0249. The zero-order valence-corrected chi connectivity index (χ0v) is 16.7. The summed E-state index contributed by atoms with van der Waals surface area (Å²) in [4.78, 5) is 0. The normalized spacial score (nSPS) is 19.8. The number of rotatable bonds is 8. The van der Waals surface area contributed by atoms with Crippen LogP contribution < -0.4 is 9.47 Å². The summed E-state index contributed by atoms with van der Waals surface area (Å²) in [6.07, 6.45) is 8.32. The maximum absolute atomic E-state index is 14.8. The molecular formula is C23H29F3O2. The van der Waals surface area contributed by atoms with E-state index in [0.29, 0.717) is 12.5 Å². The first-order valence-corrected chi connectivity index (χ1v) is 10.4. The van der Waals surface area contributed by atoms with E-state index in [-0.39, 0.29) is 28.9 Å². The lowest BCUT2D eigenvalue weighted by Gasteiger charge is -2.28. The summed E-state index contributed by atoms with van der Waals surface area (Å²) in [6, 6.07) is 4.35. The van der Waals surface area contributed by atoms with Crippen LogP contribution in [0.15, 0.2) is 18.2 Å². The Balaban J connectivity index is 1.68. The van der Waals surface area contributed by atoms with Crippen LogP contribution in [0.4, 0.5) is 13.2 Å². The summed E-state index contributed by atoms with van der Waals surface area (Å²) in [5, 5.41) is -0.134. The van der Waals surface area contributed by atoms with Crippen LogP contribution in [0.1, 0.15) is 58.8 Å². The smallest absolute Gasteiger partial charge is 0.201 e. The van der Waals surface area contributed by atoms with Crippen molar-refractivity contribution in [1.29, 1.82) is 0 Å². The molecule has 0 radical (unpaired) electrons. The first-order chi connectivity index (χ1) is 13.5. The van der Waals surface area contributed by atoms with E-state index >= 15 is 0 Å². The van der Waals surface area contributed by atoms with E-state index in [1.54, 1.807) is 13.0 Å². The summed E-state index contributed by atoms with van der Waals surface area (Å²) >= 11 is 0. The van der Waals surface area contributed by atoms with E-state index in [2.05, 4.69) is 6.92 Å². The van der Waals surface area contributed by atoms with Crippen LogP contribution in [0.3, 0.4) is 0 Å². The maximum Gasteiger partial charge on any atom is 0.201 e. The highest BCUT2D eigenvalue weighted by Crippen LogP contribution is 2.36. The second-order valence-corrected chi connectivity index (χ2v) is 7.75. The monoisotopic (exact) mass is 394 g/mol. The van der Waals surface area contributed by atoms with Crippen LogP contribution in [0.5, 0.6) is 11.5 Å². The molecule has 0 aromatic heterocycles. The van der Waals surface area contributed by atoms with Crippen LogP contribution in [-0.4, -0.2) is 13.2 Å². The van der Waals surface area contributed by atoms with Crippen LogP contribution in [0.2, 0.25) is 0 Å². The molecule has 0 heterocycles. The highest BCUT2D eigenvalue weighted by molar-refractivity contribution is 5.86. The van der Waals surface area contributed by atoms with Gasteiger partial charge in [0, 0.05) is 0 Å². The Labute approximate surface area is 165 Å². The van der Waals surface area contributed by atoms with E-state index in [0.717, 1.165) is 18.8 Å². The van der Waals surface area contributed by atoms with Crippen molar-refractivity contribution in [2.75, 3.05) is 13.2 Å². The van der Waals surface area contributed by atoms with Crippen LogP contribution in [0.25, 0.3) is 10.8 Å². The second kappa shape index (κ2) is 9.53. The molecule has 1 fully saturated rings. The van der Waals surface area contributed by atoms with Gasteiger partial charge in [0.1, 0.15) is 0 Å². The van der Waals surface area contributed by atoms with Gasteiger partial charge in [0.25, 0.3) is 0 Å². The SMILES string of the molecule is CCCCC1CCC(COc2ccc3cc(OCC)c(F)c(F)c3c2F)CC1. The van der Waals surface area contributed by atoms with Gasteiger partial charge in [-0.1, -0.05) is 45.1 Å². The third kappa shape index (κ3) is 4.56. The summed E-state index contributed by atoms with van der Waals surface area (Å²) in [7, 11) is 0. The number of halogens is 3. The highest BCUT2D eigenvalue weighted by Gasteiger charge is 2.23. The molecule has 28 heavy (non-hydrogen) atoms. The molecule has 0 amide bonds. The topological polar surface area (TPSA) is 18.5 Å². The van der Waals surface area contributed by atoms with E-state index in [1.165, 1.54) is 44.2 Å². The molecule has 0 atom stereocenters. The molecular weight excluding hydrogens is 365 g/mol. The van der Waals surface area contributed by atoms with Gasteiger partial charge in [0.15, 0.2) is 23.1 Å². The number of benzene rings is 2. The summed E-state index contributed by atoms with van der Waals surface area (Å²) in [5.41, 5.74) is 0. The molecule has 1 saturated carbocycles. The van der Waals surface area contributed by atoms with Gasteiger partial charge in [0.05, 0.1) is 18.6 Å². The molecule has 5 heteroatoms. The number of unbranched alkanes of at least 4 members (excludes halogenated alkanes) is 1. The van der Waals surface area contributed by atoms with Gasteiger partial charge in [-0.05, 0) is 49.1 Å². The van der Waals surface area contributed by atoms with Gasteiger partial charge < -0.3 is 9.47 Å². The van der Waals surface area contributed by atoms with Crippen molar-refractivity contribution >= 4 is 10.8 Å². The zero-order valence-electron chi connectivity index (χ0n) is 16.7. The Morgan fingerprint density at radius 2 is 1.57 bits per heavy atom. The van der Waals surface area contributed by atoms with Crippen LogP contribution in [0, 0.1) is 29.3 Å². The molecule has 0 N–H and O–H groups in total. The molecule has 2 aromatic carbocycles. The Hall–Kier alpha value is -1.91. The maximum atomic E-state index is 14.8. The lowest BCUT2D eigenvalue weighted by molar-refractivity contribution is 0.174. The molecule has 1 aliphatic rings. The van der Waals surface area contributed by atoms with Crippen molar-refractivity contribution < 1.29 is 22.6 Å². The van der Waals surface area contributed by atoms with Gasteiger partial charge in [-0.3, -0.25) is 0 Å². The van der Waals surface area contributed by atoms with E-state index < -0.39 is 17.5 Å². The van der Waals surface area contributed by atoms with Gasteiger partial charge in [0.2, 0.25) is 5.82 Å². The molecule has 154 valence electrons. The minimum atomic E-state index is -1.24. The third-order valence-electron chi connectivity index (χ3n) is 5.76. The number of fused-ring (bicyclic) bond motifs is 1. The quantitative estimate of drug-likeness (QED) is 0.478. The van der Waals surface area contributed by atoms with Crippen LogP contribution in [-0.2, 0) is 0 Å². The Morgan fingerprint density at radius 1 is 0.857 bits per heavy atom. The molecule has 0 aliphatic heterocycles. The van der Waals surface area contributed by atoms with Crippen molar-refractivity contribution in [2.24, 2.45) is 11.8 Å². The van der Waals surface area contributed by atoms with Crippen molar-refractivity contribution in [3.8, 4) is 11.5 Å². The molecule has 0 unspecified atom stereocenters. The van der Waals surface area contributed by atoms with Crippen molar-refractivity contribution in [2.45, 2.75) is 58.8 Å². The molecule has 0 saturated heterocycles. The predicted octanol–water partition coefficient (Wildman–Crippen LogP) is 7.03. The molecule has 3 rings (SSSR count). The van der Waals surface area contributed by atoms with Gasteiger partial charge in [-0.2, -0.15) is 4.39 Å². The van der Waals surface area contributed by atoms with E-state index in [9.17, 15) is 13.2 Å². The lowest BCUT2D eigenvalue weighted by Crippen LogP contribution is -2.20. The molecule has 1 aliphatic carbocycles. The lowest BCUT2D eigenvalue weighted by atomic mass is 9.80. The van der Waals surface area contributed by atoms with E-state index in [1.807, 2.05) is 0 Å². The minimum Gasteiger partial charge on any atom is -0.491 e. The average molecular weight is 394 g/mol. The fourth-order valence-electron chi connectivity index (χ4n) is 4.10. The Morgan fingerprint density at radius 3 is 2.25 bits per heavy atom. The van der Waals surface area contributed by atoms with Crippen molar-refractivity contribution in [3.63, 3.8) is 0 Å². The van der Waals surface area contributed by atoms with Crippen molar-refractivity contribution in [1.82, 2.24) is 0 Å². The first-order valence-electron chi connectivity index (χ1n) is 10.4.